The number of hydrogen-bond acceptors (Lipinski definition) is 6. The average molecular weight is 407 g/mol. The third-order valence-corrected chi connectivity index (χ3v) is 5.98. The number of nitrogens with zero attached hydrogens (tertiary/aromatic N) is 5. The van der Waals surface area contributed by atoms with Crippen LogP contribution in [0.1, 0.15) is 24.7 Å². The first-order chi connectivity index (χ1) is 15.3. The Hall–Kier alpha value is -3.80. The van der Waals surface area contributed by atoms with Crippen molar-refractivity contribution in [2.24, 2.45) is 0 Å². The minimum Gasteiger partial charge on any atom is -0.440 e. The third-order valence-electron chi connectivity index (χ3n) is 5.98. The van der Waals surface area contributed by atoms with Gasteiger partial charge >= 0.3 is 0 Å². The van der Waals surface area contributed by atoms with Crippen LogP contribution in [-0.4, -0.2) is 33.0 Å². The lowest BCUT2D eigenvalue weighted by Gasteiger charge is -2.32. The van der Waals surface area contributed by atoms with Crippen LogP contribution in [0.15, 0.2) is 77.5 Å². The Labute approximate surface area is 179 Å². The number of piperidine rings is 1. The van der Waals surface area contributed by atoms with Crippen molar-refractivity contribution in [3.63, 3.8) is 0 Å². The number of anilines is 1. The first kappa shape index (κ1) is 18.0. The molecule has 5 aromatic rings. The maximum absolute atomic E-state index is 6.03. The van der Waals surface area contributed by atoms with E-state index in [9.17, 15) is 0 Å². The maximum Gasteiger partial charge on any atom is 0.198 e. The molecule has 31 heavy (non-hydrogen) atoms. The second-order valence-corrected chi connectivity index (χ2v) is 7.91. The van der Waals surface area contributed by atoms with Crippen LogP contribution in [0.3, 0.4) is 0 Å². The monoisotopic (exact) mass is 407 g/mol. The van der Waals surface area contributed by atoms with Gasteiger partial charge in [0.1, 0.15) is 11.3 Å². The fourth-order valence-electron chi connectivity index (χ4n) is 4.33. The molecular weight excluding hydrogens is 386 g/mol. The molecule has 6 rings (SSSR count). The van der Waals surface area contributed by atoms with E-state index in [1.54, 1.807) is 12.4 Å². The predicted octanol–water partition coefficient (Wildman–Crippen LogP) is 5.22. The molecule has 4 heterocycles. The number of hydrogen-bond donors (Lipinski definition) is 0. The molecule has 152 valence electrons. The van der Waals surface area contributed by atoms with Gasteiger partial charge in [0.15, 0.2) is 17.3 Å². The second-order valence-electron chi connectivity index (χ2n) is 7.91. The highest BCUT2D eigenvalue weighted by atomic mass is 16.3. The largest absolute Gasteiger partial charge is 0.440 e. The van der Waals surface area contributed by atoms with Crippen LogP contribution in [-0.2, 0) is 0 Å². The van der Waals surface area contributed by atoms with Crippen molar-refractivity contribution in [2.45, 2.75) is 18.8 Å². The lowest BCUT2D eigenvalue weighted by atomic mass is 9.96. The van der Waals surface area contributed by atoms with Gasteiger partial charge in [-0.05, 0) is 49.2 Å². The molecule has 0 spiro atoms. The van der Waals surface area contributed by atoms with Crippen molar-refractivity contribution in [1.29, 1.82) is 0 Å². The molecule has 0 bridgehead atoms. The van der Waals surface area contributed by atoms with Gasteiger partial charge in [-0.15, -0.1) is 0 Å². The van der Waals surface area contributed by atoms with Crippen LogP contribution in [0, 0.1) is 0 Å². The summed E-state index contributed by atoms with van der Waals surface area (Å²) >= 11 is 0. The van der Waals surface area contributed by atoms with Gasteiger partial charge in [-0.2, -0.15) is 0 Å². The molecule has 0 amide bonds. The summed E-state index contributed by atoms with van der Waals surface area (Å²) in [6, 6.07) is 20.1. The van der Waals surface area contributed by atoms with Gasteiger partial charge < -0.3 is 9.32 Å². The Morgan fingerprint density at radius 1 is 0.774 bits per heavy atom. The number of benzene rings is 2. The van der Waals surface area contributed by atoms with Crippen LogP contribution in [0.5, 0.6) is 0 Å². The van der Waals surface area contributed by atoms with Crippen molar-refractivity contribution >= 4 is 27.8 Å². The Balaban J connectivity index is 1.31. The first-order valence-electron chi connectivity index (χ1n) is 10.6. The molecule has 0 radical (unpaired) electrons. The molecule has 1 saturated heterocycles. The highest BCUT2D eigenvalue weighted by Gasteiger charge is 2.26. The molecule has 0 unspecified atom stereocenters. The Bertz CT molecular complexity index is 1320. The Morgan fingerprint density at radius 3 is 2.32 bits per heavy atom. The molecule has 0 N–H and O–H groups in total. The fourth-order valence-corrected chi connectivity index (χ4v) is 4.33. The zero-order chi connectivity index (χ0) is 20.6. The summed E-state index contributed by atoms with van der Waals surface area (Å²) in [5.74, 6) is 2.91. The van der Waals surface area contributed by atoms with Gasteiger partial charge in [0.25, 0.3) is 0 Å². The topological polar surface area (TPSA) is 67.9 Å². The minimum atomic E-state index is 0.330. The van der Waals surface area contributed by atoms with Crippen molar-refractivity contribution in [3.8, 4) is 11.4 Å². The average Bonchev–Trinajstić information content (AvgIpc) is 3.28. The summed E-state index contributed by atoms with van der Waals surface area (Å²) in [5, 5.41) is 1.08. The lowest BCUT2D eigenvalue weighted by Crippen LogP contribution is -2.33. The second kappa shape index (κ2) is 7.47. The summed E-state index contributed by atoms with van der Waals surface area (Å²) in [6.45, 7) is 1.81. The minimum absolute atomic E-state index is 0.330. The highest BCUT2D eigenvalue weighted by Crippen LogP contribution is 2.34. The summed E-state index contributed by atoms with van der Waals surface area (Å²) in [4.78, 5) is 21.0. The number of rotatable bonds is 3. The molecule has 0 atom stereocenters. The summed E-state index contributed by atoms with van der Waals surface area (Å²) in [7, 11) is 0. The molecule has 0 aliphatic carbocycles. The molecule has 6 heteroatoms. The molecule has 1 aliphatic rings. The lowest BCUT2D eigenvalue weighted by molar-refractivity contribution is 0.407. The summed E-state index contributed by atoms with van der Waals surface area (Å²) in [5.41, 5.74) is 3.73. The standard InChI is InChI=1S/C25H21N5O/c1-2-6-20-19(5-1)24(29-23(27-20)17-9-13-26-14-10-17)30-15-11-18(12-16-30)25-28-21-7-3-4-8-22(21)31-25/h1-10,13-14,18H,11-12,15-16H2. The van der Waals surface area contributed by atoms with Crippen molar-refractivity contribution in [2.75, 3.05) is 18.0 Å². The van der Waals surface area contributed by atoms with Gasteiger partial charge in [0, 0.05) is 42.4 Å². The van der Waals surface area contributed by atoms with Crippen molar-refractivity contribution in [1.82, 2.24) is 19.9 Å². The van der Waals surface area contributed by atoms with Gasteiger partial charge in [0.05, 0.1) is 5.52 Å². The molecule has 0 saturated carbocycles. The Morgan fingerprint density at radius 2 is 1.52 bits per heavy atom. The number of fused-ring (bicyclic) bond motifs is 2. The van der Waals surface area contributed by atoms with E-state index in [1.807, 2.05) is 48.5 Å². The first-order valence-corrected chi connectivity index (χ1v) is 10.6. The highest BCUT2D eigenvalue weighted by molar-refractivity contribution is 5.91. The van der Waals surface area contributed by atoms with E-state index in [0.717, 1.165) is 71.0 Å². The summed E-state index contributed by atoms with van der Waals surface area (Å²) < 4.78 is 6.03. The number of pyridine rings is 1. The van der Waals surface area contributed by atoms with Crippen LogP contribution >= 0.6 is 0 Å². The maximum atomic E-state index is 6.03. The predicted molar refractivity (Wildman–Crippen MR) is 121 cm³/mol. The molecule has 3 aromatic heterocycles. The van der Waals surface area contributed by atoms with E-state index >= 15 is 0 Å². The molecule has 6 nitrogen and oxygen atoms in total. The van der Waals surface area contributed by atoms with Crippen LogP contribution in [0.25, 0.3) is 33.4 Å². The normalized spacial score (nSPS) is 15.0. The number of oxazole rings is 1. The van der Waals surface area contributed by atoms with E-state index in [-0.39, 0.29) is 0 Å². The van der Waals surface area contributed by atoms with Crippen molar-refractivity contribution < 1.29 is 4.42 Å². The fraction of sp³-hybridized carbons (Fsp3) is 0.200. The van der Waals surface area contributed by atoms with Gasteiger partial charge in [-0.25, -0.2) is 15.0 Å². The SMILES string of the molecule is c1ccc2oc(C3CCN(c4nc(-c5ccncc5)nc5ccccc45)CC3)nc2c1. The zero-order valence-electron chi connectivity index (χ0n) is 17.0. The zero-order valence-corrected chi connectivity index (χ0v) is 17.0. The van der Waals surface area contributed by atoms with E-state index in [2.05, 4.69) is 22.0 Å². The molecule has 2 aromatic carbocycles. The van der Waals surface area contributed by atoms with E-state index in [4.69, 9.17) is 19.4 Å². The number of aromatic nitrogens is 4. The number of para-hydroxylation sites is 3. The van der Waals surface area contributed by atoms with E-state index in [0.29, 0.717) is 5.92 Å². The van der Waals surface area contributed by atoms with Gasteiger partial charge in [0.2, 0.25) is 0 Å². The van der Waals surface area contributed by atoms with Crippen LogP contribution in [0.4, 0.5) is 5.82 Å². The third kappa shape index (κ3) is 3.30. The summed E-state index contributed by atoms with van der Waals surface area (Å²) in [6.07, 6.45) is 5.52. The van der Waals surface area contributed by atoms with Gasteiger partial charge in [-0.3, -0.25) is 4.98 Å². The molecule has 1 aliphatic heterocycles. The molecule has 1 fully saturated rings. The van der Waals surface area contributed by atoms with E-state index in [1.165, 1.54) is 0 Å². The van der Waals surface area contributed by atoms with Gasteiger partial charge in [-0.1, -0.05) is 24.3 Å². The smallest absolute Gasteiger partial charge is 0.198 e. The Kier molecular flexibility index (Phi) is 4.34. The van der Waals surface area contributed by atoms with Crippen molar-refractivity contribution in [3.05, 3.63) is 78.9 Å². The molecular formula is C25H21N5O. The van der Waals surface area contributed by atoms with Crippen LogP contribution < -0.4 is 4.90 Å². The van der Waals surface area contributed by atoms with Crippen LogP contribution in [0.2, 0.25) is 0 Å². The quantitative estimate of drug-likeness (QED) is 0.409. The van der Waals surface area contributed by atoms with E-state index < -0.39 is 0 Å².